The largest absolute Gasteiger partial charge is 0.367 e. The fraction of sp³-hybridized carbons (Fsp3) is 0.333. The van der Waals surface area contributed by atoms with Crippen LogP contribution in [-0.4, -0.2) is 28.0 Å². The SMILES string of the molecule is Cc1cc(N2CCc3cc(-c4cnc5[nH]cc(C)c5c4)cc(C4CCCN4)c3C2)ccn1. The second-order valence-corrected chi connectivity index (χ2v) is 9.27. The summed E-state index contributed by atoms with van der Waals surface area (Å²) in [5, 5.41) is 4.96. The number of fused-ring (bicyclic) bond motifs is 2. The average Bonchev–Trinajstić information content (AvgIpc) is 3.48. The first-order valence-electron chi connectivity index (χ1n) is 11.7. The molecule has 5 heterocycles. The molecular weight excluding hydrogens is 394 g/mol. The predicted molar refractivity (Wildman–Crippen MR) is 130 cm³/mol. The summed E-state index contributed by atoms with van der Waals surface area (Å²) in [5.74, 6) is 0. The van der Waals surface area contributed by atoms with Gasteiger partial charge in [0.1, 0.15) is 5.65 Å². The Morgan fingerprint density at radius 1 is 1.06 bits per heavy atom. The van der Waals surface area contributed by atoms with E-state index < -0.39 is 0 Å². The van der Waals surface area contributed by atoms with Crippen molar-refractivity contribution in [3.8, 4) is 11.1 Å². The molecule has 0 radical (unpaired) electrons. The van der Waals surface area contributed by atoms with Crippen LogP contribution >= 0.6 is 0 Å². The quantitative estimate of drug-likeness (QED) is 0.474. The van der Waals surface area contributed by atoms with Gasteiger partial charge < -0.3 is 15.2 Å². The fourth-order valence-corrected chi connectivity index (χ4v) is 5.37. The molecule has 2 aliphatic heterocycles. The Morgan fingerprint density at radius 2 is 2.00 bits per heavy atom. The fourth-order valence-electron chi connectivity index (χ4n) is 5.37. The van der Waals surface area contributed by atoms with Gasteiger partial charge in [0.05, 0.1) is 0 Å². The third kappa shape index (κ3) is 3.37. The first-order valence-corrected chi connectivity index (χ1v) is 11.7. The Hall–Kier alpha value is -3.18. The third-order valence-corrected chi connectivity index (χ3v) is 7.13. The summed E-state index contributed by atoms with van der Waals surface area (Å²) < 4.78 is 0. The number of H-pyrrole nitrogens is 1. The summed E-state index contributed by atoms with van der Waals surface area (Å²) in [6.07, 6.45) is 9.49. The number of anilines is 1. The minimum absolute atomic E-state index is 0.438. The monoisotopic (exact) mass is 423 g/mol. The molecule has 2 N–H and O–H groups in total. The number of aromatic amines is 1. The zero-order chi connectivity index (χ0) is 21.7. The van der Waals surface area contributed by atoms with Gasteiger partial charge in [0.15, 0.2) is 0 Å². The first kappa shape index (κ1) is 19.5. The van der Waals surface area contributed by atoms with E-state index in [0.29, 0.717) is 6.04 Å². The van der Waals surface area contributed by atoms with Crippen molar-refractivity contribution < 1.29 is 0 Å². The molecule has 32 heavy (non-hydrogen) atoms. The number of aryl methyl sites for hydroxylation is 2. The number of pyridine rings is 2. The summed E-state index contributed by atoms with van der Waals surface area (Å²) >= 11 is 0. The molecule has 0 spiro atoms. The summed E-state index contributed by atoms with van der Waals surface area (Å²) in [7, 11) is 0. The molecule has 5 heteroatoms. The van der Waals surface area contributed by atoms with E-state index in [1.807, 2.05) is 18.6 Å². The molecule has 1 aromatic carbocycles. The van der Waals surface area contributed by atoms with Crippen molar-refractivity contribution in [2.45, 2.75) is 45.7 Å². The van der Waals surface area contributed by atoms with Gasteiger partial charge >= 0.3 is 0 Å². The molecule has 162 valence electrons. The Balaban J connectivity index is 1.44. The van der Waals surface area contributed by atoms with Gasteiger partial charge in [-0.3, -0.25) is 4.98 Å². The average molecular weight is 424 g/mol. The molecule has 4 aromatic rings. The third-order valence-electron chi connectivity index (χ3n) is 7.13. The van der Waals surface area contributed by atoms with E-state index in [2.05, 4.69) is 64.4 Å². The van der Waals surface area contributed by atoms with E-state index >= 15 is 0 Å². The molecular formula is C27H29N5. The van der Waals surface area contributed by atoms with E-state index in [-0.39, 0.29) is 0 Å². The van der Waals surface area contributed by atoms with Crippen LogP contribution in [0.3, 0.4) is 0 Å². The summed E-state index contributed by atoms with van der Waals surface area (Å²) in [5.41, 5.74) is 11.5. The van der Waals surface area contributed by atoms with E-state index in [1.165, 1.54) is 57.3 Å². The highest BCUT2D eigenvalue weighted by atomic mass is 15.1. The summed E-state index contributed by atoms with van der Waals surface area (Å²) in [6.45, 7) is 7.30. The molecule has 1 fully saturated rings. The molecule has 0 bridgehead atoms. The summed E-state index contributed by atoms with van der Waals surface area (Å²) in [4.78, 5) is 14.8. The normalized spacial score (nSPS) is 18.3. The van der Waals surface area contributed by atoms with Crippen molar-refractivity contribution in [3.63, 3.8) is 0 Å². The van der Waals surface area contributed by atoms with Crippen LogP contribution < -0.4 is 10.2 Å². The van der Waals surface area contributed by atoms with Crippen molar-refractivity contribution in [3.05, 3.63) is 76.9 Å². The molecule has 1 atom stereocenters. The lowest BCUT2D eigenvalue weighted by Crippen LogP contribution is -2.32. The minimum Gasteiger partial charge on any atom is -0.367 e. The van der Waals surface area contributed by atoms with Gasteiger partial charge in [-0.1, -0.05) is 6.07 Å². The lowest BCUT2D eigenvalue weighted by molar-refractivity contribution is 0.625. The molecule has 0 amide bonds. The van der Waals surface area contributed by atoms with Crippen LogP contribution in [0.15, 0.2) is 48.9 Å². The molecule has 6 rings (SSSR count). The number of benzene rings is 1. The Labute approximate surface area is 188 Å². The Bertz CT molecular complexity index is 1300. The van der Waals surface area contributed by atoms with Crippen LogP contribution in [0.4, 0.5) is 5.69 Å². The van der Waals surface area contributed by atoms with Crippen LogP contribution in [0.2, 0.25) is 0 Å². The molecule has 5 nitrogen and oxygen atoms in total. The van der Waals surface area contributed by atoms with Crippen molar-refractivity contribution in [1.29, 1.82) is 0 Å². The Morgan fingerprint density at radius 3 is 2.84 bits per heavy atom. The number of hydrogen-bond acceptors (Lipinski definition) is 4. The lowest BCUT2D eigenvalue weighted by atomic mass is 9.87. The number of hydrogen-bond donors (Lipinski definition) is 2. The van der Waals surface area contributed by atoms with Crippen molar-refractivity contribution in [2.24, 2.45) is 0 Å². The Kier molecular flexibility index (Phi) is 4.72. The zero-order valence-electron chi connectivity index (χ0n) is 18.8. The number of aromatic nitrogens is 3. The number of rotatable bonds is 3. The van der Waals surface area contributed by atoms with Crippen LogP contribution in [-0.2, 0) is 13.0 Å². The molecule has 1 saturated heterocycles. The molecule has 0 aliphatic carbocycles. The maximum absolute atomic E-state index is 4.69. The highest BCUT2D eigenvalue weighted by molar-refractivity contribution is 5.84. The smallest absolute Gasteiger partial charge is 0.137 e. The molecule has 3 aromatic heterocycles. The van der Waals surface area contributed by atoms with Gasteiger partial charge in [-0.2, -0.15) is 0 Å². The van der Waals surface area contributed by atoms with Crippen LogP contribution in [0.5, 0.6) is 0 Å². The van der Waals surface area contributed by atoms with Crippen LogP contribution in [0, 0.1) is 13.8 Å². The predicted octanol–water partition coefficient (Wildman–Crippen LogP) is 5.23. The van der Waals surface area contributed by atoms with Crippen molar-refractivity contribution in [1.82, 2.24) is 20.3 Å². The lowest BCUT2D eigenvalue weighted by Gasteiger charge is -2.34. The number of nitrogens with one attached hydrogen (secondary N) is 2. The maximum atomic E-state index is 4.69. The van der Waals surface area contributed by atoms with Crippen molar-refractivity contribution in [2.75, 3.05) is 18.0 Å². The van der Waals surface area contributed by atoms with Gasteiger partial charge in [-0.15, -0.1) is 0 Å². The number of nitrogens with zero attached hydrogens (tertiary/aromatic N) is 3. The van der Waals surface area contributed by atoms with Gasteiger partial charge in [-0.05, 0) is 91.7 Å². The topological polar surface area (TPSA) is 56.8 Å². The van der Waals surface area contributed by atoms with E-state index in [0.717, 1.165) is 37.4 Å². The first-order chi connectivity index (χ1) is 15.7. The second kappa shape index (κ2) is 7.75. The summed E-state index contributed by atoms with van der Waals surface area (Å²) in [6, 6.07) is 11.9. The highest BCUT2D eigenvalue weighted by Gasteiger charge is 2.26. The van der Waals surface area contributed by atoms with Crippen LogP contribution in [0.25, 0.3) is 22.2 Å². The molecule has 2 aliphatic rings. The van der Waals surface area contributed by atoms with E-state index in [1.54, 1.807) is 0 Å². The second-order valence-electron chi connectivity index (χ2n) is 9.27. The standard InChI is InChI=1S/C27H29N5/c1-17-14-30-27-23(17)13-21(15-31-27)20-11-19-6-9-32(22-5-8-28-18(2)10-22)16-25(19)24(12-20)26-4-3-7-29-26/h5,8,10-15,26,29H,3-4,6-7,9,16H2,1-2H3,(H,30,31). The molecule has 0 saturated carbocycles. The maximum Gasteiger partial charge on any atom is 0.137 e. The van der Waals surface area contributed by atoms with Gasteiger partial charge in [0.25, 0.3) is 0 Å². The van der Waals surface area contributed by atoms with E-state index in [4.69, 9.17) is 4.98 Å². The zero-order valence-corrected chi connectivity index (χ0v) is 18.8. The van der Waals surface area contributed by atoms with Crippen LogP contribution in [0.1, 0.15) is 46.8 Å². The minimum atomic E-state index is 0.438. The van der Waals surface area contributed by atoms with Gasteiger partial charge in [0, 0.05) is 60.1 Å². The van der Waals surface area contributed by atoms with Gasteiger partial charge in [0.2, 0.25) is 0 Å². The highest BCUT2D eigenvalue weighted by Crippen LogP contribution is 2.37. The van der Waals surface area contributed by atoms with Gasteiger partial charge in [-0.25, -0.2) is 4.98 Å². The molecule has 1 unspecified atom stereocenters. The van der Waals surface area contributed by atoms with E-state index in [9.17, 15) is 0 Å². The van der Waals surface area contributed by atoms with Crippen molar-refractivity contribution >= 4 is 16.7 Å².